The van der Waals surface area contributed by atoms with E-state index in [1.165, 1.54) is 7.11 Å². The van der Waals surface area contributed by atoms with E-state index in [-0.39, 0.29) is 0 Å². The third-order valence-corrected chi connectivity index (χ3v) is 3.48. The van der Waals surface area contributed by atoms with Crippen LogP contribution in [0, 0.1) is 6.92 Å². The van der Waals surface area contributed by atoms with Crippen LogP contribution in [-0.2, 0) is 4.74 Å². The Morgan fingerprint density at radius 2 is 1.59 bits per heavy atom. The molecule has 3 rings (SSSR count). The Bertz CT molecular complexity index is 793. The van der Waals surface area contributed by atoms with Crippen molar-refractivity contribution in [3.63, 3.8) is 0 Å². The number of ether oxygens (including phenoxy) is 1. The standard InChI is InChI=1S/C18H16N2O2/c1-13-16(18(21)22-2)20(15-11-7-4-8-12-15)17(19-13)14-9-5-3-6-10-14/h3-12H,1-2H3. The lowest BCUT2D eigenvalue weighted by molar-refractivity contribution is 0.0591. The Morgan fingerprint density at radius 1 is 1.00 bits per heavy atom. The lowest BCUT2D eigenvalue weighted by atomic mass is 10.2. The number of rotatable bonds is 3. The van der Waals surface area contributed by atoms with E-state index in [9.17, 15) is 4.79 Å². The number of hydrogen-bond acceptors (Lipinski definition) is 3. The molecule has 22 heavy (non-hydrogen) atoms. The molecule has 0 radical (unpaired) electrons. The third kappa shape index (κ3) is 2.39. The monoisotopic (exact) mass is 292 g/mol. The van der Waals surface area contributed by atoms with Gasteiger partial charge in [-0.1, -0.05) is 48.5 Å². The number of hydrogen-bond donors (Lipinski definition) is 0. The molecule has 0 bridgehead atoms. The Labute approximate surface area is 129 Å². The second-order valence-corrected chi connectivity index (χ2v) is 4.90. The molecule has 0 N–H and O–H groups in total. The minimum absolute atomic E-state index is 0.393. The second kappa shape index (κ2) is 5.85. The maximum absolute atomic E-state index is 12.2. The van der Waals surface area contributed by atoms with Gasteiger partial charge in [-0.05, 0) is 19.1 Å². The van der Waals surface area contributed by atoms with Gasteiger partial charge in [-0.25, -0.2) is 9.78 Å². The van der Waals surface area contributed by atoms with Gasteiger partial charge in [0.05, 0.1) is 12.8 Å². The van der Waals surface area contributed by atoms with Gasteiger partial charge in [-0.2, -0.15) is 0 Å². The van der Waals surface area contributed by atoms with Crippen molar-refractivity contribution in [1.29, 1.82) is 0 Å². The van der Waals surface area contributed by atoms with Crippen molar-refractivity contribution in [3.8, 4) is 17.1 Å². The summed E-state index contributed by atoms with van der Waals surface area (Å²) >= 11 is 0. The quantitative estimate of drug-likeness (QED) is 0.692. The maximum atomic E-state index is 12.2. The van der Waals surface area contributed by atoms with Crippen molar-refractivity contribution in [2.45, 2.75) is 6.92 Å². The molecule has 1 aromatic heterocycles. The molecular weight excluding hydrogens is 276 g/mol. The molecule has 0 saturated carbocycles. The van der Waals surface area contributed by atoms with E-state index in [0.29, 0.717) is 11.4 Å². The average Bonchev–Trinajstić information content (AvgIpc) is 2.93. The van der Waals surface area contributed by atoms with Gasteiger partial charge in [0, 0.05) is 11.3 Å². The number of imidazole rings is 1. The molecule has 1 heterocycles. The Kier molecular flexibility index (Phi) is 3.74. The predicted molar refractivity (Wildman–Crippen MR) is 85.1 cm³/mol. The van der Waals surface area contributed by atoms with Gasteiger partial charge in [0.25, 0.3) is 0 Å². The fraction of sp³-hybridized carbons (Fsp3) is 0.111. The van der Waals surface area contributed by atoms with Crippen LogP contribution in [0.4, 0.5) is 0 Å². The number of esters is 1. The number of carbonyl (C=O) groups excluding carboxylic acids is 1. The largest absolute Gasteiger partial charge is 0.464 e. The van der Waals surface area contributed by atoms with Gasteiger partial charge < -0.3 is 4.74 Å². The van der Waals surface area contributed by atoms with Gasteiger partial charge >= 0.3 is 5.97 Å². The molecule has 0 aliphatic carbocycles. The van der Waals surface area contributed by atoms with Gasteiger partial charge in [-0.3, -0.25) is 4.57 Å². The highest BCUT2D eigenvalue weighted by atomic mass is 16.5. The van der Waals surface area contributed by atoms with Crippen LogP contribution in [0.2, 0.25) is 0 Å². The van der Waals surface area contributed by atoms with Gasteiger partial charge in [0.15, 0.2) is 5.69 Å². The lowest BCUT2D eigenvalue weighted by Crippen LogP contribution is -2.11. The maximum Gasteiger partial charge on any atom is 0.357 e. The van der Waals surface area contributed by atoms with Crippen LogP contribution in [-0.4, -0.2) is 22.6 Å². The van der Waals surface area contributed by atoms with Crippen LogP contribution in [0.3, 0.4) is 0 Å². The summed E-state index contributed by atoms with van der Waals surface area (Å²) in [4.78, 5) is 16.8. The molecule has 2 aromatic carbocycles. The first-order chi connectivity index (χ1) is 10.7. The highest BCUT2D eigenvalue weighted by Gasteiger charge is 2.23. The number of benzene rings is 2. The predicted octanol–water partition coefficient (Wildman–Crippen LogP) is 3.63. The SMILES string of the molecule is COC(=O)c1c(C)nc(-c2ccccc2)n1-c1ccccc1. The topological polar surface area (TPSA) is 44.1 Å². The summed E-state index contributed by atoms with van der Waals surface area (Å²) in [7, 11) is 1.38. The normalized spacial score (nSPS) is 10.5. The van der Waals surface area contributed by atoms with E-state index in [2.05, 4.69) is 4.98 Å². The first kappa shape index (κ1) is 14.1. The minimum Gasteiger partial charge on any atom is -0.464 e. The van der Waals surface area contributed by atoms with Crippen LogP contribution in [0.5, 0.6) is 0 Å². The summed E-state index contributed by atoms with van der Waals surface area (Å²) < 4.78 is 6.77. The molecule has 4 heteroatoms. The van der Waals surface area contributed by atoms with Crippen LogP contribution in [0.1, 0.15) is 16.2 Å². The lowest BCUT2D eigenvalue weighted by Gasteiger charge is -2.11. The average molecular weight is 292 g/mol. The minimum atomic E-state index is -0.393. The highest BCUT2D eigenvalue weighted by Crippen LogP contribution is 2.26. The molecule has 0 fully saturated rings. The summed E-state index contributed by atoms with van der Waals surface area (Å²) in [5.41, 5.74) is 2.93. The molecule has 3 aromatic rings. The summed E-state index contributed by atoms with van der Waals surface area (Å²) in [6.45, 7) is 1.82. The first-order valence-corrected chi connectivity index (χ1v) is 7.01. The molecule has 0 spiro atoms. The highest BCUT2D eigenvalue weighted by molar-refractivity contribution is 5.91. The van der Waals surface area contributed by atoms with Crippen molar-refractivity contribution in [1.82, 2.24) is 9.55 Å². The van der Waals surface area contributed by atoms with Crippen molar-refractivity contribution < 1.29 is 9.53 Å². The van der Waals surface area contributed by atoms with Crippen molar-refractivity contribution in [2.24, 2.45) is 0 Å². The smallest absolute Gasteiger partial charge is 0.357 e. The number of carbonyl (C=O) groups is 1. The Morgan fingerprint density at radius 3 is 2.18 bits per heavy atom. The molecule has 110 valence electrons. The van der Waals surface area contributed by atoms with E-state index in [1.54, 1.807) is 0 Å². The summed E-state index contributed by atoms with van der Waals surface area (Å²) in [5, 5.41) is 0. The number of methoxy groups -OCH3 is 1. The molecule has 0 atom stereocenters. The Hall–Kier alpha value is -2.88. The van der Waals surface area contributed by atoms with Crippen LogP contribution in [0.15, 0.2) is 60.7 Å². The Balaban J connectivity index is 2.30. The van der Waals surface area contributed by atoms with E-state index in [1.807, 2.05) is 72.2 Å². The van der Waals surface area contributed by atoms with Gasteiger partial charge in [0.2, 0.25) is 0 Å². The van der Waals surface area contributed by atoms with Crippen LogP contribution >= 0.6 is 0 Å². The molecule has 0 amide bonds. The first-order valence-electron chi connectivity index (χ1n) is 7.01. The molecule has 0 unspecified atom stereocenters. The van der Waals surface area contributed by atoms with Crippen LogP contribution in [0.25, 0.3) is 17.1 Å². The van der Waals surface area contributed by atoms with Crippen molar-refractivity contribution >= 4 is 5.97 Å². The van der Waals surface area contributed by atoms with Crippen molar-refractivity contribution in [3.05, 3.63) is 72.1 Å². The molecule has 0 saturated heterocycles. The molecular formula is C18H16N2O2. The summed E-state index contributed by atoms with van der Waals surface area (Å²) in [6, 6.07) is 19.5. The van der Waals surface area contributed by atoms with Crippen molar-refractivity contribution in [2.75, 3.05) is 7.11 Å². The second-order valence-electron chi connectivity index (χ2n) is 4.90. The zero-order valence-electron chi connectivity index (χ0n) is 12.5. The number of aryl methyl sites for hydroxylation is 1. The third-order valence-electron chi connectivity index (χ3n) is 3.48. The number of para-hydroxylation sites is 1. The number of nitrogens with zero attached hydrogens (tertiary/aromatic N) is 2. The van der Waals surface area contributed by atoms with Crippen LogP contribution < -0.4 is 0 Å². The van der Waals surface area contributed by atoms with Gasteiger partial charge in [-0.15, -0.1) is 0 Å². The van der Waals surface area contributed by atoms with E-state index < -0.39 is 5.97 Å². The summed E-state index contributed by atoms with van der Waals surface area (Å²) in [6.07, 6.45) is 0. The van der Waals surface area contributed by atoms with E-state index in [0.717, 1.165) is 17.1 Å². The fourth-order valence-corrected chi connectivity index (χ4v) is 2.47. The van der Waals surface area contributed by atoms with E-state index in [4.69, 9.17) is 4.74 Å². The fourth-order valence-electron chi connectivity index (χ4n) is 2.47. The van der Waals surface area contributed by atoms with E-state index >= 15 is 0 Å². The zero-order valence-corrected chi connectivity index (χ0v) is 12.5. The summed E-state index contributed by atoms with van der Waals surface area (Å²) in [5.74, 6) is 0.334. The number of aromatic nitrogens is 2. The molecule has 4 nitrogen and oxygen atoms in total. The van der Waals surface area contributed by atoms with Gasteiger partial charge in [0.1, 0.15) is 5.82 Å². The zero-order chi connectivity index (χ0) is 15.5. The molecule has 0 aliphatic heterocycles. The molecule has 0 aliphatic rings.